The van der Waals surface area contributed by atoms with E-state index in [9.17, 15) is 0 Å². The molecule has 0 aliphatic heterocycles. The summed E-state index contributed by atoms with van der Waals surface area (Å²) in [7, 11) is 4.95. The third kappa shape index (κ3) is 5.88. The van der Waals surface area contributed by atoms with Crippen molar-refractivity contribution in [2.75, 3.05) is 26.6 Å². The topological polar surface area (TPSA) is 77.0 Å². The Morgan fingerprint density at radius 2 is 1.77 bits per heavy atom. The highest BCUT2D eigenvalue weighted by molar-refractivity contribution is 5.93. The summed E-state index contributed by atoms with van der Waals surface area (Å²) in [5.41, 5.74) is 2.85. The molecule has 1 heterocycles. The summed E-state index contributed by atoms with van der Waals surface area (Å²) >= 11 is 0. The summed E-state index contributed by atoms with van der Waals surface area (Å²) in [6, 6.07) is 19.3. The van der Waals surface area contributed by atoms with Crippen molar-refractivity contribution in [1.29, 1.82) is 0 Å². The van der Waals surface area contributed by atoms with Crippen molar-refractivity contribution in [3.63, 3.8) is 0 Å². The molecular formula is C23H26N4O3. The number of pyridine rings is 1. The average Bonchev–Trinajstić information content (AvgIpc) is 2.81. The Balaban J connectivity index is 1.52. The van der Waals surface area contributed by atoms with Crippen LogP contribution in [0.5, 0.6) is 17.2 Å². The van der Waals surface area contributed by atoms with Gasteiger partial charge in [0.25, 0.3) is 0 Å². The Morgan fingerprint density at radius 3 is 2.43 bits per heavy atom. The molecule has 3 rings (SSSR count). The minimum Gasteiger partial charge on any atom is -0.493 e. The van der Waals surface area contributed by atoms with Crippen molar-refractivity contribution in [1.82, 2.24) is 10.3 Å². The van der Waals surface area contributed by atoms with Gasteiger partial charge in [-0.15, -0.1) is 0 Å². The first kappa shape index (κ1) is 21.0. The summed E-state index contributed by atoms with van der Waals surface area (Å²) in [6.07, 6.45) is 1.76. The van der Waals surface area contributed by atoms with Crippen LogP contribution >= 0.6 is 0 Å². The number of methoxy groups -OCH3 is 2. The van der Waals surface area contributed by atoms with E-state index < -0.39 is 0 Å². The Kier molecular flexibility index (Phi) is 7.49. The summed E-state index contributed by atoms with van der Waals surface area (Å²) in [4.78, 5) is 8.52. The maximum Gasteiger partial charge on any atom is 0.195 e. The predicted octanol–water partition coefficient (Wildman–Crippen LogP) is 3.87. The number of rotatable bonds is 8. The van der Waals surface area contributed by atoms with E-state index in [0.29, 0.717) is 30.6 Å². The van der Waals surface area contributed by atoms with Crippen molar-refractivity contribution in [2.45, 2.75) is 13.2 Å². The molecule has 30 heavy (non-hydrogen) atoms. The van der Waals surface area contributed by atoms with Crippen LogP contribution in [0.3, 0.4) is 0 Å². The molecule has 0 radical (unpaired) electrons. The van der Waals surface area contributed by atoms with Gasteiger partial charge in [-0.2, -0.15) is 0 Å². The van der Waals surface area contributed by atoms with Crippen molar-refractivity contribution >= 4 is 11.6 Å². The van der Waals surface area contributed by atoms with E-state index in [-0.39, 0.29) is 0 Å². The van der Waals surface area contributed by atoms with Crippen LogP contribution in [0.4, 0.5) is 5.69 Å². The molecule has 0 bridgehead atoms. The lowest BCUT2D eigenvalue weighted by Gasteiger charge is -2.14. The number of benzene rings is 2. The first-order valence-corrected chi connectivity index (χ1v) is 9.53. The molecule has 2 aromatic carbocycles. The second-order valence-electron chi connectivity index (χ2n) is 6.37. The summed E-state index contributed by atoms with van der Waals surface area (Å²) in [6.45, 7) is 1.06. The van der Waals surface area contributed by atoms with Crippen LogP contribution in [0.2, 0.25) is 0 Å². The standard InChI is InChI=1S/C23H26N4O3/c1-24-23(27-18-9-12-21(28-2)22(14-18)29-3)26-15-17-7-10-20(11-8-17)30-16-19-6-4-5-13-25-19/h4-14H,15-16H2,1-3H3,(H2,24,26,27). The Labute approximate surface area is 176 Å². The molecule has 0 atom stereocenters. The minimum atomic E-state index is 0.445. The van der Waals surface area contributed by atoms with Gasteiger partial charge < -0.3 is 24.8 Å². The molecule has 3 aromatic rings. The highest BCUT2D eigenvalue weighted by atomic mass is 16.5. The maximum atomic E-state index is 5.77. The molecule has 0 aliphatic carbocycles. The number of hydrogen-bond acceptors (Lipinski definition) is 5. The van der Waals surface area contributed by atoms with Crippen LogP contribution in [0.1, 0.15) is 11.3 Å². The average molecular weight is 406 g/mol. The molecular weight excluding hydrogens is 380 g/mol. The summed E-state index contributed by atoms with van der Waals surface area (Å²) in [5.74, 6) is 2.78. The lowest BCUT2D eigenvalue weighted by molar-refractivity contribution is 0.301. The van der Waals surface area contributed by atoms with E-state index in [1.165, 1.54) is 0 Å². The van der Waals surface area contributed by atoms with Crippen LogP contribution < -0.4 is 24.8 Å². The number of aliphatic imine (C=N–C) groups is 1. The van der Waals surface area contributed by atoms with Gasteiger partial charge in [0.15, 0.2) is 17.5 Å². The Morgan fingerprint density at radius 1 is 0.967 bits per heavy atom. The maximum absolute atomic E-state index is 5.77. The number of anilines is 1. The molecule has 0 spiro atoms. The highest BCUT2D eigenvalue weighted by Crippen LogP contribution is 2.29. The third-order valence-corrected chi connectivity index (χ3v) is 4.37. The van der Waals surface area contributed by atoms with Crippen LogP contribution in [0.25, 0.3) is 0 Å². The number of nitrogens with zero attached hydrogens (tertiary/aromatic N) is 2. The van der Waals surface area contributed by atoms with Gasteiger partial charge in [-0.25, -0.2) is 0 Å². The smallest absolute Gasteiger partial charge is 0.195 e. The van der Waals surface area contributed by atoms with E-state index in [1.807, 2.05) is 60.7 Å². The molecule has 7 nitrogen and oxygen atoms in total. The molecule has 0 amide bonds. The monoisotopic (exact) mass is 406 g/mol. The summed E-state index contributed by atoms with van der Waals surface area (Å²) < 4.78 is 16.4. The summed E-state index contributed by atoms with van der Waals surface area (Å²) in [5, 5.41) is 6.54. The number of hydrogen-bond donors (Lipinski definition) is 2. The van der Waals surface area contributed by atoms with E-state index in [4.69, 9.17) is 14.2 Å². The molecule has 2 N–H and O–H groups in total. The lowest BCUT2D eigenvalue weighted by atomic mass is 10.2. The van der Waals surface area contributed by atoms with Gasteiger partial charge in [0.05, 0.1) is 19.9 Å². The normalized spacial score (nSPS) is 11.0. The lowest BCUT2D eigenvalue weighted by Crippen LogP contribution is -2.30. The van der Waals surface area contributed by atoms with Gasteiger partial charge in [0.2, 0.25) is 0 Å². The van der Waals surface area contributed by atoms with Crippen LogP contribution in [0, 0.1) is 0 Å². The van der Waals surface area contributed by atoms with Crippen molar-refractivity contribution < 1.29 is 14.2 Å². The molecule has 0 fully saturated rings. The number of aromatic nitrogens is 1. The van der Waals surface area contributed by atoms with Crippen LogP contribution in [0.15, 0.2) is 71.9 Å². The van der Waals surface area contributed by atoms with E-state index in [2.05, 4.69) is 20.6 Å². The Bertz CT molecular complexity index is 960. The molecule has 7 heteroatoms. The predicted molar refractivity (Wildman–Crippen MR) is 118 cm³/mol. The van der Waals surface area contributed by atoms with Gasteiger partial charge in [0.1, 0.15) is 12.4 Å². The van der Waals surface area contributed by atoms with Crippen LogP contribution in [-0.4, -0.2) is 32.2 Å². The number of guanidine groups is 1. The zero-order valence-corrected chi connectivity index (χ0v) is 17.4. The fourth-order valence-corrected chi connectivity index (χ4v) is 2.76. The van der Waals surface area contributed by atoms with E-state index in [1.54, 1.807) is 27.5 Å². The van der Waals surface area contributed by atoms with Crippen molar-refractivity contribution in [3.8, 4) is 17.2 Å². The highest BCUT2D eigenvalue weighted by Gasteiger charge is 2.06. The van der Waals surface area contributed by atoms with Crippen molar-refractivity contribution in [2.24, 2.45) is 4.99 Å². The molecule has 0 aliphatic rings. The number of nitrogens with one attached hydrogen (secondary N) is 2. The SMILES string of the molecule is CN=C(NCc1ccc(OCc2ccccn2)cc1)Nc1ccc(OC)c(OC)c1. The first-order chi connectivity index (χ1) is 14.7. The van der Waals surface area contributed by atoms with Crippen LogP contribution in [-0.2, 0) is 13.2 Å². The zero-order chi connectivity index (χ0) is 21.2. The quantitative estimate of drug-likeness (QED) is 0.437. The zero-order valence-electron chi connectivity index (χ0n) is 17.4. The van der Waals surface area contributed by atoms with Gasteiger partial charge in [-0.3, -0.25) is 9.98 Å². The Hall–Kier alpha value is -3.74. The van der Waals surface area contributed by atoms with Gasteiger partial charge >= 0.3 is 0 Å². The second-order valence-corrected chi connectivity index (χ2v) is 6.37. The molecule has 156 valence electrons. The van der Waals surface area contributed by atoms with Gasteiger partial charge in [-0.05, 0) is 42.0 Å². The van der Waals surface area contributed by atoms with Gasteiger partial charge in [0, 0.05) is 31.5 Å². The molecule has 1 aromatic heterocycles. The largest absolute Gasteiger partial charge is 0.493 e. The molecule has 0 saturated carbocycles. The fourth-order valence-electron chi connectivity index (χ4n) is 2.76. The molecule has 0 unspecified atom stereocenters. The van der Waals surface area contributed by atoms with E-state index in [0.717, 1.165) is 22.7 Å². The fraction of sp³-hybridized carbons (Fsp3) is 0.217. The molecule has 0 saturated heterocycles. The number of ether oxygens (including phenoxy) is 3. The van der Waals surface area contributed by atoms with E-state index >= 15 is 0 Å². The first-order valence-electron chi connectivity index (χ1n) is 9.53. The van der Waals surface area contributed by atoms with Gasteiger partial charge in [-0.1, -0.05) is 18.2 Å². The van der Waals surface area contributed by atoms with Crippen molar-refractivity contribution in [3.05, 3.63) is 78.1 Å². The third-order valence-electron chi connectivity index (χ3n) is 4.37. The minimum absolute atomic E-state index is 0.445. The second kappa shape index (κ2) is 10.7.